The SMILES string of the molecule is COc1cccc(-c2c3ccc(=[N+](C)C)cc-3sc3cc(N(C)C)ccc23)c1. The van der Waals surface area contributed by atoms with E-state index in [9.17, 15) is 0 Å². The van der Waals surface area contributed by atoms with Crippen LogP contribution in [0.5, 0.6) is 5.75 Å². The van der Waals surface area contributed by atoms with Gasteiger partial charge in [0.25, 0.3) is 0 Å². The number of anilines is 1. The second-order valence-corrected chi connectivity index (χ2v) is 8.44. The molecule has 3 nitrogen and oxygen atoms in total. The Morgan fingerprint density at radius 1 is 0.929 bits per heavy atom. The maximum atomic E-state index is 5.49. The highest BCUT2D eigenvalue weighted by Gasteiger charge is 2.17. The van der Waals surface area contributed by atoms with Gasteiger partial charge in [0.1, 0.15) is 19.8 Å². The van der Waals surface area contributed by atoms with Crippen LogP contribution in [0.1, 0.15) is 0 Å². The second kappa shape index (κ2) is 7.28. The van der Waals surface area contributed by atoms with E-state index in [1.165, 1.54) is 42.7 Å². The highest BCUT2D eigenvalue weighted by atomic mass is 32.1. The first kappa shape index (κ1) is 18.5. The van der Waals surface area contributed by atoms with Crippen molar-refractivity contribution < 1.29 is 4.74 Å². The normalized spacial score (nSPS) is 11.0. The van der Waals surface area contributed by atoms with Crippen LogP contribution in [0, 0.1) is 0 Å². The van der Waals surface area contributed by atoms with Crippen molar-refractivity contribution in [2.45, 2.75) is 0 Å². The van der Waals surface area contributed by atoms with Gasteiger partial charge in [0.2, 0.25) is 5.36 Å². The molecule has 0 N–H and O–H groups in total. The summed E-state index contributed by atoms with van der Waals surface area (Å²) in [6, 6.07) is 21.8. The van der Waals surface area contributed by atoms with E-state index in [1.807, 2.05) is 17.4 Å². The predicted molar refractivity (Wildman–Crippen MR) is 122 cm³/mol. The molecule has 0 amide bonds. The Balaban J connectivity index is 2.13. The lowest BCUT2D eigenvalue weighted by Crippen LogP contribution is -2.21. The molecule has 0 unspecified atom stereocenters. The second-order valence-electron chi connectivity index (χ2n) is 7.36. The van der Waals surface area contributed by atoms with Crippen molar-refractivity contribution in [3.63, 3.8) is 0 Å². The lowest BCUT2D eigenvalue weighted by Gasteiger charge is -2.18. The summed E-state index contributed by atoms with van der Waals surface area (Å²) < 4.78 is 8.93. The van der Waals surface area contributed by atoms with Crippen molar-refractivity contribution in [3.05, 3.63) is 66.0 Å². The van der Waals surface area contributed by atoms with Gasteiger partial charge in [0.15, 0.2) is 0 Å². The van der Waals surface area contributed by atoms with Crippen LogP contribution in [-0.2, 0) is 0 Å². The number of fused-ring (bicyclic) bond motifs is 2. The maximum Gasteiger partial charge on any atom is 0.200 e. The number of benzene rings is 3. The molecule has 2 aliphatic rings. The fourth-order valence-electron chi connectivity index (χ4n) is 3.51. The standard InChI is InChI=1S/C24H25N2OS/c1-25(2)17-9-11-20-22(14-17)28-23-15-18(26(3)4)10-12-21(23)24(20)16-7-6-8-19(13-16)27-5/h6-15H,1-5H3/q+1. The highest BCUT2D eigenvalue weighted by Crippen LogP contribution is 2.44. The lowest BCUT2D eigenvalue weighted by atomic mass is 9.95. The van der Waals surface area contributed by atoms with Gasteiger partial charge >= 0.3 is 0 Å². The molecule has 0 saturated carbocycles. The number of nitrogens with zero attached hydrogens (tertiary/aromatic N) is 2. The minimum atomic E-state index is 0.876. The van der Waals surface area contributed by atoms with E-state index in [0.717, 1.165) is 5.75 Å². The summed E-state index contributed by atoms with van der Waals surface area (Å²) >= 11 is 1.85. The third kappa shape index (κ3) is 3.25. The number of methoxy groups -OCH3 is 1. The first-order valence-corrected chi connectivity index (χ1v) is 10.1. The summed E-state index contributed by atoms with van der Waals surface area (Å²) in [7, 11) is 10.1. The third-order valence-electron chi connectivity index (χ3n) is 5.08. The van der Waals surface area contributed by atoms with E-state index in [-0.39, 0.29) is 0 Å². The van der Waals surface area contributed by atoms with Crippen LogP contribution in [-0.4, -0.2) is 35.3 Å². The van der Waals surface area contributed by atoms with Crippen molar-refractivity contribution in [2.24, 2.45) is 0 Å². The minimum Gasteiger partial charge on any atom is -0.497 e. The molecule has 1 heterocycles. The van der Waals surface area contributed by atoms with Gasteiger partial charge in [-0.15, -0.1) is 11.3 Å². The summed E-state index contributed by atoms with van der Waals surface area (Å²) in [4.78, 5) is 3.44. The van der Waals surface area contributed by atoms with Crippen LogP contribution in [0.3, 0.4) is 0 Å². The lowest BCUT2D eigenvalue weighted by molar-refractivity contribution is 0.415. The van der Waals surface area contributed by atoms with Gasteiger partial charge in [-0.25, -0.2) is 4.58 Å². The van der Waals surface area contributed by atoms with Gasteiger partial charge in [-0.1, -0.05) is 18.2 Å². The van der Waals surface area contributed by atoms with Crippen LogP contribution in [0.15, 0.2) is 60.7 Å². The average molecular weight is 390 g/mol. The first-order chi connectivity index (χ1) is 13.5. The molecule has 0 radical (unpaired) electrons. The number of ether oxygens (including phenoxy) is 1. The smallest absolute Gasteiger partial charge is 0.200 e. The summed E-state index contributed by atoms with van der Waals surface area (Å²) in [5.74, 6) is 0.876. The molecule has 142 valence electrons. The topological polar surface area (TPSA) is 15.5 Å². The van der Waals surface area contributed by atoms with E-state index in [2.05, 4.69) is 92.3 Å². The number of hydrogen-bond donors (Lipinski definition) is 0. The minimum absolute atomic E-state index is 0.876. The monoisotopic (exact) mass is 389 g/mol. The molecule has 1 aliphatic carbocycles. The van der Waals surface area contributed by atoms with Gasteiger partial charge in [-0.05, 0) is 41.5 Å². The van der Waals surface area contributed by atoms with Crippen LogP contribution in [0.25, 0.3) is 31.7 Å². The zero-order chi connectivity index (χ0) is 19.8. The number of hydrogen-bond acceptors (Lipinski definition) is 3. The Morgan fingerprint density at radius 3 is 2.46 bits per heavy atom. The summed E-state index contributed by atoms with van der Waals surface area (Å²) in [6.45, 7) is 0. The summed E-state index contributed by atoms with van der Waals surface area (Å²) in [5, 5.41) is 2.48. The molecule has 2 aromatic carbocycles. The zero-order valence-electron chi connectivity index (χ0n) is 17.0. The van der Waals surface area contributed by atoms with E-state index in [4.69, 9.17) is 4.74 Å². The van der Waals surface area contributed by atoms with E-state index in [0.29, 0.717) is 0 Å². The Labute approximate surface area is 170 Å². The maximum absolute atomic E-state index is 5.49. The van der Waals surface area contributed by atoms with Crippen molar-refractivity contribution in [3.8, 4) is 27.3 Å². The van der Waals surface area contributed by atoms with Gasteiger partial charge in [0.05, 0.1) is 7.11 Å². The molecular formula is C24H25N2OS+. The Hall–Kier alpha value is -2.85. The molecule has 0 aromatic heterocycles. The molecule has 0 bridgehead atoms. The van der Waals surface area contributed by atoms with Crippen LogP contribution >= 0.6 is 11.3 Å². The zero-order valence-corrected chi connectivity index (χ0v) is 17.8. The third-order valence-corrected chi connectivity index (χ3v) is 6.20. The molecule has 4 heteroatoms. The predicted octanol–water partition coefficient (Wildman–Crippen LogP) is 4.78. The van der Waals surface area contributed by atoms with E-state index < -0.39 is 0 Å². The molecule has 0 fully saturated rings. The largest absolute Gasteiger partial charge is 0.497 e. The first-order valence-electron chi connectivity index (χ1n) is 9.30. The van der Waals surface area contributed by atoms with Crippen molar-refractivity contribution in [1.82, 2.24) is 4.58 Å². The molecule has 0 atom stereocenters. The summed E-state index contributed by atoms with van der Waals surface area (Å²) in [5.41, 5.74) is 4.92. The molecular weight excluding hydrogens is 364 g/mol. The molecule has 1 aliphatic heterocycles. The average Bonchev–Trinajstić information content (AvgIpc) is 2.70. The van der Waals surface area contributed by atoms with Crippen LogP contribution < -0.4 is 19.6 Å². The van der Waals surface area contributed by atoms with E-state index >= 15 is 0 Å². The van der Waals surface area contributed by atoms with Gasteiger partial charge in [-0.2, -0.15) is 0 Å². The highest BCUT2D eigenvalue weighted by molar-refractivity contribution is 7.21. The number of rotatable bonds is 3. The van der Waals surface area contributed by atoms with Gasteiger partial charge < -0.3 is 9.64 Å². The molecule has 4 rings (SSSR count). The van der Waals surface area contributed by atoms with Crippen molar-refractivity contribution >= 4 is 27.1 Å². The van der Waals surface area contributed by atoms with Gasteiger partial charge in [0, 0.05) is 52.4 Å². The fraction of sp³-hybridized carbons (Fsp3) is 0.208. The Bertz CT molecular complexity index is 1200. The Kier molecular flexibility index (Phi) is 4.82. The molecule has 2 aromatic rings. The van der Waals surface area contributed by atoms with Crippen LogP contribution in [0.2, 0.25) is 0 Å². The molecule has 0 saturated heterocycles. The quantitative estimate of drug-likeness (QED) is 0.370. The summed E-state index contributed by atoms with van der Waals surface area (Å²) in [6.07, 6.45) is 0. The van der Waals surface area contributed by atoms with Crippen molar-refractivity contribution in [2.75, 3.05) is 40.2 Å². The molecule has 28 heavy (non-hydrogen) atoms. The van der Waals surface area contributed by atoms with Crippen LogP contribution in [0.4, 0.5) is 5.69 Å². The Morgan fingerprint density at radius 2 is 1.75 bits per heavy atom. The van der Waals surface area contributed by atoms with Crippen molar-refractivity contribution in [1.29, 1.82) is 0 Å². The molecule has 0 spiro atoms. The van der Waals surface area contributed by atoms with E-state index in [1.54, 1.807) is 7.11 Å². The van der Waals surface area contributed by atoms with Gasteiger partial charge in [-0.3, -0.25) is 0 Å². The fourth-order valence-corrected chi connectivity index (χ4v) is 4.67.